The maximum Gasteiger partial charge on any atom is 0.185 e. The van der Waals surface area contributed by atoms with Gasteiger partial charge in [-0.15, -0.1) is 0 Å². The van der Waals surface area contributed by atoms with Crippen molar-refractivity contribution in [3.05, 3.63) is 47.0 Å². The van der Waals surface area contributed by atoms with Crippen molar-refractivity contribution in [2.24, 2.45) is 0 Å². The van der Waals surface area contributed by atoms with E-state index in [2.05, 4.69) is 0 Å². The van der Waals surface area contributed by atoms with Gasteiger partial charge in [0.15, 0.2) is 5.78 Å². The van der Waals surface area contributed by atoms with E-state index in [1.807, 2.05) is 39.0 Å². The molecule has 0 radical (unpaired) electrons. The van der Waals surface area contributed by atoms with Crippen molar-refractivity contribution in [3.63, 3.8) is 0 Å². The lowest BCUT2D eigenvalue weighted by atomic mass is 10.0. The Balaban J connectivity index is 3.15. The van der Waals surface area contributed by atoms with Crippen LogP contribution in [0.15, 0.2) is 30.4 Å². The highest BCUT2D eigenvalue weighted by molar-refractivity contribution is 6.05. The maximum absolute atomic E-state index is 11.5. The first-order chi connectivity index (χ1) is 6.16. The van der Waals surface area contributed by atoms with Crippen molar-refractivity contribution >= 4 is 5.78 Å². The number of carbonyl (C=O) groups excluding carboxylic acids is 1. The van der Waals surface area contributed by atoms with E-state index in [4.69, 9.17) is 0 Å². The van der Waals surface area contributed by atoms with Crippen molar-refractivity contribution < 1.29 is 4.79 Å². The first kappa shape index (κ1) is 9.72. The molecule has 0 saturated carbocycles. The minimum absolute atomic E-state index is 0.0868. The number of allylic oxidation sites excluding steroid dienone is 2. The molecule has 13 heavy (non-hydrogen) atoms. The summed E-state index contributed by atoms with van der Waals surface area (Å²) in [6.07, 6.45) is 3.37. The lowest BCUT2D eigenvalue weighted by Crippen LogP contribution is -1.98. The molecule has 0 aliphatic heterocycles. The largest absolute Gasteiger partial charge is 0.289 e. The monoisotopic (exact) mass is 174 g/mol. The number of carbonyl (C=O) groups is 1. The van der Waals surface area contributed by atoms with Crippen molar-refractivity contribution in [2.45, 2.75) is 20.8 Å². The number of rotatable bonds is 2. The Kier molecular flexibility index (Phi) is 3.02. The number of benzene rings is 1. The molecular weight excluding hydrogens is 160 g/mol. The van der Waals surface area contributed by atoms with Crippen LogP contribution in [0, 0.1) is 13.8 Å². The zero-order valence-corrected chi connectivity index (χ0v) is 8.29. The highest BCUT2D eigenvalue weighted by atomic mass is 16.1. The van der Waals surface area contributed by atoms with Gasteiger partial charge in [-0.2, -0.15) is 0 Å². The minimum Gasteiger partial charge on any atom is -0.289 e. The summed E-state index contributed by atoms with van der Waals surface area (Å²) in [5.41, 5.74) is 3.04. The summed E-state index contributed by atoms with van der Waals surface area (Å²) in [6, 6.07) is 5.80. The van der Waals surface area contributed by atoms with Gasteiger partial charge in [0.1, 0.15) is 0 Å². The highest BCUT2D eigenvalue weighted by Crippen LogP contribution is 2.13. The van der Waals surface area contributed by atoms with Crippen LogP contribution in [0.4, 0.5) is 0 Å². The number of ketones is 1. The molecule has 1 nitrogen and oxygen atoms in total. The summed E-state index contributed by atoms with van der Waals surface area (Å²) < 4.78 is 0. The standard InChI is InChI=1S/C12H14O/c1-4-6-12(13)11-8-5-7-9(2)10(11)3/h4-8H,1-3H3. The maximum atomic E-state index is 11.5. The molecule has 0 unspecified atom stereocenters. The molecular formula is C12H14O. The van der Waals surface area contributed by atoms with Gasteiger partial charge in [-0.1, -0.05) is 24.3 Å². The van der Waals surface area contributed by atoms with Crippen molar-refractivity contribution in [2.75, 3.05) is 0 Å². The molecule has 1 heteroatoms. The highest BCUT2D eigenvalue weighted by Gasteiger charge is 2.05. The number of hydrogen-bond acceptors (Lipinski definition) is 1. The van der Waals surface area contributed by atoms with Crippen LogP contribution >= 0.6 is 0 Å². The van der Waals surface area contributed by atoms with Crippen molar-refractivity contribution in [1.29, 1.82) is 0 Å². The lowest BCUT2D eigenvalue weighted by molar-refractivity contribution is 0.104. The van der Waals surface area contributed by atoms with Gasteiger partial charge in [0, 0.05) is 5.56 Å². The van der Waals surface area contributed by atoms with Crippen LogP contribution in [0.5, 0.6) is 0 Å². The Bertz CT molecular complexity index is 348. The van der Waals surface area contributed by atoms with Gasteiger partial charge in [0.25, 0.3) is 0 Å². The van der Waals surface area contributed by atoms with E-state index in [0.29, 0.717) is 0 Å². The van der Waals surface area contributed by atoms with Gasteiger partial charge in [-0.25, -0.2) is 0 Å². The first-order valence-corrected chi connectivity index (χ1v) is 4.40. The third-order valence-corrected chi connectivity index (χ3v) is 2.19. The van der Waals surface area contributed by atoms with Gasteiger partial charge < -0.3 is 0 Å². The van der Waals surface area contributed by atoms with E-state index in [0.717, 1.165) is 16.7 Å². The Labute approximate surface area is 79.1 Å². The Hall–Kier alpha value is -1.37. The fraction of sp³-hybridized carbons (Fsp3) is 0.250. The smallest absolute Gasteiger partial charge is 0.185 e. The molecule has 0 atom stereocenters. The van der Waals surface area contributed by atoms with E-state index >= 15 is 0 Å². The van der Waals surface area contributed by atoms with Gasteiger partial charge in [-0.3, -0.25) is 4.79 Å². The van der Waals surface area contributed by atoms with Crippen LogP contribution in [0.25, 0.3) is 0 Å². The second-order valence-electron chi connectivity index (χ2n) is 3.11. The molecule has 0 N–H and O–H groups in total. The van der Waals surface area contributed by atoms with Crippen LogP contribution in [-0.4, -0.2) is 5.78 Å². The van der Waals surface area contributed by atoms with Gasteiger partial charge in [0.05, 0.1) is 0 Å². The quantitative estimate of drug-likeness (QED) is 0.497. The predicted octanol–water partition coefficient (Wildman–Crippen LogP) is 3.06. The molecule has 1 aromatic carbocycles. The van der Waals surface area contributed by atoms with Crippen LogP contribution < -0.4 is 0 Å². The second kappa shape index (κ2) is 4.04. The fourth-order valence-corrected chi connectivity index (χ4v) is 1.26. The summed E-state index contributed by atoms with van der Waals surface area (Å²) in [5, 5.41) is 0. The topological polar surface area (TPSA) is 17.1 Å². The normalized spacial score (nSPS) is 10.7. The van der Waals surface area contributed by atoms with E-state index in [9.17, 15) is 4.79 Å². The zero-order chi connectivity index (χ0) is 9.84. The van der Waals surface area contributed by atoms with Crippen LogP contribution in [0.3, 0.4) is 0 Å². The predicted molar refractivity (Wildman–Crippen MR) is 55.1 cm³/mol. The third kappa shape index (κ3) is 2.05. The summed E-state index contributed by atoms with van der Waals surface area (Å²) in [6.45, 7) is 5.84. The molecule has 68 valence electrons. The van der Waals surface area contributed by atoms with Crippen molar-refractivity contribution in [1.82, 2.24) is 0 Å². The summed E-state index contributed by atoms with van der Waals surface area (Å²) >= 11 is 0. The van der Waals surface area contributed by atoms with E-state index < -0.39 is 0 Å². The SMILES string of the molecule is CC=CC(=O)c1cccc(C)c1C. The van der Waals surface area contributed by atoms with Gasteiger partial charge >= 0.3 is 0 Å². The van der Waals surface area contributed by atoms with Gasteiger partial charge in [0.2, 0.25) is 0 Å². The molecule has 0 amide bonds. The Morgan fingerprint density at radius 2 is 2.00 bits per heavy atom. The van der Waals surface area contributed by atoms with E-state index in [1.54, 1.807) is 12.2 Å². The van der Waals surface area contributed by atoms with Gasteiger partial charge in [-0.05, 0) is 38.0 Å². The molecule has 0 heterocycles. The fourth-order valence-electron chi connectivity index (χ4n) is 1.26. The van der Waals surface area contributed by atoms with Crippen LogP contribution in [-0.2, 0) is 0 Å². The van der Waals surface area contributed by atoms with Crippen LogP contribution in [0.1, 0.15) is 28.4 Å². The molecule has 0 fully saturated rings. The second-order valence-corrected chi connectivity index (χ2v) is 3.11. The van der Waals surface area contributed by atoms with Crippen molar-refractivity contribution in [3.8, 4) is 0 Å². The molecule has 0 spiro atoms. The summed E-state index contributed by atoms with van der Waals surface area (Å²) in [4.78, 5) is 11.5. The molecule has 1 aromatic rings. The van der Waals surface area contributed by atoms with E-state index in [-0.39, 0.29) is 5.78 Å². The Morgan fingerprint density at radius 3 is 2.62 bits per heavy atom. The molecule has 0 bridgehead atoms. The molecule has 0 aromatic heterocycles. The number of aryl methyl sites for hydroxylation is 1. The average Bonchev–Trinajstić information content (AvgIpc) is 2.10. The van der Waals surface area contributed by atoms with Crippen LogP contribution in [0.2, 0.25) is 0 Å². The minimum atomic E-state index is 0.0868. The third-order valence-electron chi connectivity index (χ3n) is 2.19. The molecule has 0 saturated heterocycles. The average molecular weight is 174 g/mol. The molecule has 0 aliphatic rings. The first-order valence-electron chi connectivity index (χ1n) is 4.40. The molecule has 1 rings (SSSR count). The zero-order valence-electron chi connectivity index (χ0n) is 8.29. The number of hydrogen-bond donors (Lipinski definition) is 0. The lowest BCUT2D eigenvalue weighted by Gasteiger charge is -2.04. The Morgan fingerprint density at radius 1 is 1.31 bits per heavy atom. The summed E-state index contributed by atoms with van der Waals surface area (Å²) in [7, 11) is 0. The van der Waals surface area contributed by atoms with E-state index in [1.165, 1.54) is 0 Å². The molecule has 0 aliphatic carbocycles. The summed E-state index contributed by atoms with van der Waals surface area (Å²) in [5.74, 6) is 0.0868.